The van der Waals surface area contributed by atoms with E-state index >= 15 is 0 Å². The van der Waals surface area contributed by atoms with Crippen molar-refractivity contribution in [2.75, 3.05) is 38.6 Å². The molecule has 0 fully saturated rings. The van der Waals surface area contributed by atoms with Gasteiger partial charge in [0.1, 0.15) is 12.4 Å². The summed E-state index contributed by atoms with van der Waals surface area (Å²) in [6.07, 6.45) is 0.332. The molecule has 0 radical (unpaired) electrons. The van der Waals surface area contributed by atoms with Crippen LogP contribution in [0.1, 0.15) is 25.8 Å². The van der Waals surface area contributed by atoms with Crippen LogP contribution in [0.4, 0.5) is 4.79 Å². The zero-order valence-electron chi connectivity index (χ0n) is 19.4. The highest BCUT2D eigenvalue weighted by Gasteiger charge is 2.18. The summed E-state index contributed by atoms with van der Waals surface area (Å²) in [5, 5.41) is 12.1. The zero-order chi connectivity index (χ0) is 23.9. The molecule has 0 aliphatic heterocycles. The van der Waals surface area contributed by atoms with Crippen LogP contribution in [0, 0.1) is 0 Å². The lowest BCUT2D eigenvalue weighted by atomic mass is 10.1. The molecule has 0 aliphatic rings. The van der Waals surface area contributed by atoms with Crippen LogP contribution in [0.15, 0.2) is 59.5 Å². The Labute approximate surface area is 200 Å². The van der Waals surface area contributed by atoms with Crippen molar-refractivity contribution in [2.24, 2.45) is 0 Å². The highest BCUT2D eigenvalue weighted by atomic mass is 32.2. The second kappa shape index (κ2) is 15.2. The first-order valence-electron chi connectivity index (χ1n) is 11.3. The number of hydrogen-bond donors (Lipinski definition) is 2. The van der Waals surface area contributed by atoms with Gasteiger partial charge in [0.05, 0.1) is 6.54 Å². The van der Waals surface area contributed by atoms with E-state index in [9.17, 15) is 14.7 Å². The van der Waals surface area contributed by atoms with E-state index in [4.69, 9.17) is 9.47 Å². The third-order valence-corrected chi connectivity index (χ3v) is 5.92. The smallest absolute Gasteiger partial charge is 0.333 e. The van der Waals surface area contributed by atoms with Crippen LogP contribution in [0.2, 0.25) is 0 Å². The maximum absolute atomic E-state index is 12.4. The molecule has 2 aromatic carbocycles. The van der Waals surface area contributed by atoms with Crippen LogP contribution in [0.3, 0.4) is 0 Å². The summed E-state index contributed by atoms with van der Waals surface area (Å²) in [7, 11) is 0. The number of nitrogens with one attached hydrogen (secondary N) is 1. The molecule has 0 saturated carbocycles. The predicted octanol–water partition coefficient (Wildman–Crippen LogP) is 4.31. The van der Waals surface area contributed by atoms with Crippen molar-refractivity contribution in [3.05, 3.63) is 60.2 Å². The molecular formula is C25H34N2O5S. The average Bonchev–Trinajstić information content (AvgIpc) is 2.82. The van der Waals surface area contributed by atoms with Crippen molar-refractivity contribution in [3.63, 3.8) is 0 Å². The normalized spacial score (nSPS) is 11.6. The summed E-state index contributed by atoms with van der Waals surface area (Å²) in [6.45, 7) is 6.12. The van der Waals surface area contributed by atoms with Gasteiger partial charge in [-0.25, -0.2) is 9.59 Å². The minimum Gasteiger partial charge on any atom is -0.492 e. The van der Waals surface area contributed by atoms with Crippen molar-refractivity contribution >= 4 is 23.8 Å². The summed E-state index contributed by atoms with van der Waals surface area (Å²) in [5.74, 6) is 0.642. The molecule has 7 nitrogen and oxygen atoms in total. The number of carboxylic acid groups (broad SMARTS) is 1. The van der Waals surface area contributed by atoms with Crippen molar-refractivity contribution in [1.29, 1.82) is 0 Å². The fourth-order valence-electron chi connectivity index (χ4n) is 3.17. The molecule has 180 valence electrons. The van der Waals surface area contributed by atoms with Crippen LogP contribution in [0.25, 0.3) is 0 Å². The second-order valence-electron chi connectivity index (χ2n) is 7.32. The lowest BCUT2D eigenvalue weighted by Crippen LogP contribution is -2.42. The number of rotatable bonds is 15. The molecule has 2 amide bonds. The lowest BCUT2D eigenvalue weighted by Gasteiger charge is -2.23. The Bertz CT molecular complexity index is 832. The Hall–Kier alpha value is -2.71. The van der Waals surface area contributed by atoms with Gasteiger partial charge in [-0.15, -0.1) is 11.8 Å². The Morgan fingerprint density at radius 1 is 1.06 bits per heavy atom. The van der Waals surface area contributed by atoms with Crippen molar-refractivity contribution in [1.82, 2.24) is 10.2 Å². The van der Waals surface area contributed by atoms with Crippen LogP contribution in [-0.2, 0) is 16.0 Å². The van der Waals surface area contributed by atoms with Gasteiger partial charge in [-0.05, 0) is 55.9 Å². The van der Waals surface area contributed by atoms with E-state index in [2.05, 4.69) is 17.4 Å². The summed E-state index contributed by atoms with van der Waals surface area (Å²) in [5.41, 5.74) is 0.864. The lowest BCUT2D eigenvalue weighted by molar-refractivity contribution is -0.149. The van der Waals surface area contributed by atoms with Gasteiger partial charge in [-0.2, -0.15) is 0 Å². The van der Waals surface area contributed by atoms with Gasteiger partial charge in [0, 0.05) is 31.0 Å². The van der Waals surface area contributed by atoms with Gasteiger partial charge in [-0.1, -0.05) is 30.3 Å². The molecule has 0 aromatic heterocycles. The maximum atomic E-state index is 12.4. The van der Waals surface area contributed by atoms with Crippen molar-refractivity contribution < 1.29 is 24.2 Å². The third kappa shape index (κ3) is 10.2. The summed E-state index contributed by atoms with van der Waals surface area (Å²) >= 11 is 1.78. The van der Waals surface area contributed by atoms with E-state index in [1.807, 2.05) is 49.4 Å². The van der Waals surface area contributed by atoms with Crippen molar-refractivity contribution in [3.8, 4) is 5.75 Å². The molecule has 2 N–H and O–H groups in total. The fraction of sp³-hybridized carbons (Fsp3) is 0.440. The number of carbonyl (C=O) groups excluding carboxylic acids is 1. The molecular weight excluding hydrogens is 440 g/mol. The summed E-state index contributed by atoms with van der Waals surface area (Å²) in [4.78, 5) is 26.7. The third-order valence-electron chi connectivity index (χ3n) is 4.82. The quantitative estimate of drug-likeness (QED) is 0.295. The molecule has 0 heterocycles. The number of carbonyl (C=O) groups is 2. The second-order valence-corrected chi connectivity index (χ2v) is 8.48. The molecule has 8 heteroatoms. The maximum Gasteiger partial charge on any atom is 0.333 e. The molecule has 1 atom stereocenters. The average molecular weight is 475 g/mol. The number of ether oxygens (including phenoxy) is 2. The first-order valence-corrected chi connectivity index (χ1v) is 12.3. The van der Waals surface area contributed by atoms with Crippen LogP contribution < -0.4 is 10.1 Å². The molecule has 0 spiro atoms. The van der Waals surface area contributed by atoms with Gasteiger partial charge in [0.15, 0.2) is 6.10 Å². The van der Waals surface area contributed by atoms with E-state index < -0.39 is 12.1 Å². The number of benzene rings is 2. The topological polar surface area (TPSA) is 88.1 Å². The van der Waals surface area contributed by atoms with Crippen LogP contribution in [0.5, 0.6) is 5.75 Å². The molecule has 1 unspecified atom stereocenters. The fourth-order valence-corrected chi connectivity index (χ4v) is 4.03. The summed E-state index contributed by atoms with van der Waals surface area (Å²) in [6, 6.07) is 17.4. The van der Waals surface area contributed by atoms with Gasteiger partial charge < -0.3 is 24.8 Å². The van der Waals surface area contributed by atoms with Gasteiger partial charge in [0.2, 0.25) is 0 Å². The standard InChI is InChI=1S/C25H34N2O5S/c1-3-26-25(30)27(15-8-18-33-22-9-6-5-7-10-22)16-17-32-21-13-11-20(12-14-21)19-23(24(28)29)31-4-2/h5-7,9-14,23H,3-4,8,15-19H2,1-2H3,(H,26,30)(H,28,29). The Balaban J connectivity index is 1.79. The molecule has 33 heavy (non-hydrogen) atoms. The minimum absolute atomic E-state index is 0.0863. The minimum atomic E-state index is -0.968. The van der Waals surface area contributed by atoms with Gasteiger partial charge in [0.25, 0.3) is 0 Å². The highest BCUT2D eigenvalue weighted by molar-refractivity contribution is 7.99. The number of carboxylic acids is 1. The van der Waals surface area contributed by atoms with E-state index in [0.29, 0.717) is 45.0 Å². The Kier molecular flexibility index (Phi) is 12.2. The zero-order valence-corrected chi connectivity index (χ0v) is 20.2. The Morgan fingerprint density at radius 3 is 2.42 bits per heavy atom. The number of hydrogen-bond acceptors (Lipinski definition) is 5. The summed E-state index contributed by atoms with van der Waals surface area (Å²) < 4.78 is 11.1. The molecule has 2 aromatic rings. The van der Waals surface area contributed by atoms with E-state index in [1.165, 1.54) is 4.90 Å². The molecule has 2 rings (SSSR count). The first-order chi connectivity index (χ1) is 16.0. The number of aliphatic carboxylic acids is 1. The van der Waals surface area contributed by atoms with Gasteiger partial charge in [-0.3, -0.25) is 0 Å². The number of urea groups is 1. The molecule has 0 saturated heterocycles. The largest absolute Gasteiger partial charge is 0.492 e. The number of amides is 2. The van der Waals surface area contributed by atoms with E-state index in [1.54, 1.807) is 23.6 Å². The number of nitrogens with zero attached hydrogens (tertiary/aromatic N) is 1. The van der Waals surface area contributed by atoms with Crippen LogP contribution >= 0.6 is 11.8 Å². The predicted molar refractivity (Wildman–Crippen MR) is 131 cm³/mol. The highest BCUT2D eigenvalue weighted by Crippen LogP contribution is 2.18. The van der Waals surface area contributed by atoms with E-state index in [-0.39, 0.29) is 6.03 Å². The van der Waals surface area contributed by atoms with Crippen molar-refractivity contribution in [2.45, 2.75) is 37.7 Å². The first kappa shape index (κ1) is 26.5. The SMILES string of the molecule is CCNC(=O)N(CCCSc1ccccc1)CCOc1ccc(CC(OCC)C(=O)O)cc1. The van der Waals surface area contributed by atoms with E-state index in [0.717, 1.165) is 17.7 Å². The Morgan fingerprint density at radius 2 is 1.79 bits per heavy atom. The van der Waals surface area contributed by atoms with Gasteiger partial charge >= 0.3 is 12.0 Å². The molecule has 0 bridgehead atoms. The number of thioether (sulfide) groups is 1. The monoisotopic (exact) mass is 474 g/mol. The van der Waals surface area contributed by atoms with Crippen LogP contribution in [-0.4, -0.2) is 66.7 Å². The molecule has 0 aliphatic carbocycles.